The zero-order valence-corrected chi connectivity index (χ0v) is 16.7. The molecule has 0 unspecified atom stereocenters. The van der Waals surface area contributed by atoms with Crippen LogP contribution in [-0.2, 0) is 0 Å². The van der Waals surface area contributed by atoms with Crippen LogP contribution >= 0.6 is 0 Å². The Balaban J connectivity index is 1.75. The number of rotatable bonds is 5. The number of methoxy groups -OCH3 is 1. The highest BCUT2D eigenvalue weighted by Gasteiger charge is 2.26. The van der Waals surface area contributed by atoms with Gasteiger partial charge in [-0.15, -0.1) is 5.10 Å². The number of hydrogen-bond donors (Lipinski definition) is 1. The minimum absolute atomic E-state index is 0.0950. The van der Waals surface area contributed by atoms with E-state index in [9.17, 15) is 4.79 Å². The second kappa shape index (κ2) is 7.80. The molecule has 0 saturated carbocycles. The lowest BCUT2D eigenvalue weighted by Gasteiger charge is -2.32. The monoisotopic (exact) mass is 379 g/mol. The van der Waals surface area contributed by atoms with E-state index in [1.165, 1.54) is 5.92 Å². The molecule has 1 radical (unpaired) electrons. The number of nitrogens with one attached hydrogen (secondary N) is 1. The van der Waals surface area contributed by atoms with Crippen LogP contribution in [-0.4, -0.2) is 46.2 Å². The molecule has 3 aromatic rings. The van der Waals surface area contributed by atoms with Crippen LogP contribution in [0.2, 0.25) is 0 Å². The van der Waals surface area contributed by atoms with Crippen molar-refractivity contribution in [1.82, 2.24) is 19.5 Å². The minimum Gasteiger partial charge on any atom is -0.479 e. The lowest BCUT2D eigenvalue weighted by molar-refractivity contribution is 0.217. The van der Waals surface area contributed by atoms with Crippen LogP contribution in [0.15, 0.2) is 41.2 Å². The molecule has 3 heterocycles. The van der Waals surface area contributed by atoms with Crippen molar-refractivity contribution in [1.29, 1.82) is 0 Å². The number of likely N-dealkylation sites (tertiary alicyclic amines) is 1. The summed E-state index contributed by atoms with van der Waals surface area (Å²) in [6, 6.07) is 11.6. The van der Waals surface area contributed by atoms with E-state index in [4.69, 9.17) is 9.84 Å². The molecule has 1 fully saturated rings. The van der Waals surface area contributed by atoms with Gasteiger partial charge < -0.3 is 14.6 Å². The Morgan fingerprint density at radius 1 is 1.21 bits per heavy atom. The first-order valence-electron chi connectivity index (χ1n) is 9.83. The van der Waals surface area contributed by atoms with Crippen molar-refractivity contribution in [2.24, 2.45) is 0 Å². The summed E-state index contributed by atoms with van der Waals surface area (Å²) in [6.07, 6.45) is 2.04. The predicted octanol–water partition coefficient (Wildman–Crippen LogP) is 3.49. The van der Waals surface area contributed by atoms with Gasteiger partial charge in [-0.3, -0.25) is 4.79 Å². The molecule has 4 rings (SSSR count). The molecule has 2 aromatic heterocycles. The first-order valence-corrected chi connectivity index (χ1v) is 9.83. The Hall–Kier alpha value is -2.60. The van der Waals surface area contributed by atoms with Gasteiger partial charge in [0.1, 0.15) is 5.65 Å². The van der Waals surface area contributed by atoms with Gasteiger partial charge in [0.2, 0.25) is 5.88 Å². The SMILES string of the molecule is COc1nn2c(C3CCN(C[C](C)C)CC3)cc(=O)[nH]c2c1-c1ccccc1. The number of aromatic amines is 1. The average Bonchev–Trinajstić information content (AvgIpc) is 3.06. The Bertz CT molecular complexity index is 999. The van der Waals surface area contributed by atoms with E-state index in [2.05, 4.69) is 23.7 Å². The zero-order chi connectivity index (χ0) is 19.7. The highest BCUT2D eigenvalue weighted by atomic mass is 16.5. The van der Waals surface area contributed by atoms with Gasteiger partial charge in [0.05, 0.1) is 18.4 Å². The second-order valence-corrected chi connectivity index (χ2v) is 7.83. The molecule has 0 spiro atoms. The van der Waals surface area contributed by atoms with Crippen LogP contribution in [0.5, 0.6) is 5.88 Å². The number of H-pyrrole nitrogens is 1. The number of fused-ring (bicyclic) bond motifs is 1. The number of piperidine rings is 1. The molecule has 1 N–H and O–H groups in total. The standard InChI is InChI=1S/C22H27N4O2/c1-15(2)14-25-11-9-16(10-12-25)18-13-19(27)23-21-20(17-7-5-4-6-8-17)22(28-3)24-26(18)21/h4-8,13,16H,9-12,14H2,1-3H3,(H,23,27). The van der Waals surface area contributed by atoms with Crippen molar-refractivity contribution in [3.05, 3.63) is 58.4 Å². The van der Waals surface area contributed by atoms with E-state index >= 15 is 0 Å². The van der Waals surface area contributed by atoms with Crippen LogP contribution in [0.4, 0.5) is 0 Å². The maximum atomic E-state index is 12.5. The average molecular weight is 379 g/mol. The number of aromatic nitrogens is 3. The number of benzene rings is 1. The van der Waals surface area contributed by atoms with Gasteiger partial charge in [0.15, 0.2) is 0 Å². The molecule has 1 aromatic carbocycles. The van der Waals surface area contributed by atoms with E-state index in [1.54, 1.807) is 13.2 Å². The summed E-state index contributed by atoms with van der Waals surface area (Å²) < 4.78 is 7.44. The summed E-state index contributed by atoms with van der Waals surface area (Å²) in [6.45, 7) is 7.47. The highest BCUT2D eigenvalue weighted by molar-refractivity contribution is 5.82. The molecular formula is C22H27N4O2. The van der Waals surface area contributed by atoms with Gasteiger partial charge in [0.25, 0.3) is 5.56 Å². The van der Waals surface area contributed by atoms with E-state index in [1.807, 2.05) is 34.8 Å². The Labute approximate surface area is 165 Å². The smallest absolute Gasteiger partial charge is 0.251 e. The van der Waals surface area contributed by atoms with Gasteiger partial charge in [-0.25, -0.2) is 4.52 Å². The fraction of sp³-hybridized carbons (Fsp3) is 0.409. The molecule has 6 heteroatoms. The van der Waals surface area contributed by atoms with Crippen molar-refractivity contribution in [3.8, 4) is 17.0 Å². The molecule has 1 saturated heterocycles. The van der Waals surface area contributed by atoms with Gasteiger partial charge in [-0.2, -0.15) is 0 Å². The van der Waals surface area contributed by atoms with Crippen molar-refractivity contribution in [3.63, 3.8) is 0 Å². The van der Waals surface area contributed by atoms with E-state index in [0.717, 1.165) is 49.3 Å². The van der Waals surface area contributed by atoms with Crippen molar-refractivity contribution in [2.45, 2.75) is 32.6 Å². The van der Waals surface area contributed by atoms with E-state index < -0.39 is 0 Å². The quantitative estimate of drug-likeness (QED) is 0.737. The van der Waals surface area contributed by atoms with Crippen LogP contribution in [0.25, 0.3) is 16.8 Å². The fourth-order valence-electron chi connectivity index (χ4n) is 4.18. The van der Waals surface area contributed by atoms with Crippen LogP contribution in [0.3, 0.4) is 0 Å². The molecular weight excluding hydrogens is 352 g/mol. The molecule has 28 heavy (non-hydrogen) atoms. The second-order valence-electron chi connectivity index (χ2n) is 7.83. The molecule has 6 nitrogen and oxygen atoms in total. The number of ether oxygens (including phenoxy) is 1. The van der Waals surface area contributed by atoms with Crippen molar-refractivity contribution >= 4 is 5.65 Å². The molecule has 147 valence electrons. The molecule has 0 bridgehead atoms. The highest BCUT2D eigenvalue weighted by Crippen LogP contribution is 2.35. The van der Waals surface area contributed by atoms with E-state index in [0.29, 0.717) is 17.4 Å². The molecule has 0 atom stereocenters. The van der Waals surface area contributed by atoms with Crippen molar-refractivity contribution < 1.29 is 4.74 Å². The van der Waals surface area contributed by atoms with Crippen LogP contribution < -0.4 is 10.3 Å². The van der Waals surface area contributed by atoms with Crippen LogP contribution in [0, 0.1) is 5.92 Å². The number of nitrogens with zero attached hydrogens (tertiary/aromatic N) is 3. The summed E-state index contributed by atoms with van der Waals surface area (Å²) in [5.74, 6) is 2.27. The molecule has 0 amide bonds. The maximum absolute atomic E-state index is 12.5. The minimum atomic E-state index is -0.0950. The summed E-state index contributed by atoms with van der Waals surface area (Å²) in [5.41, 5.74) is 3.38. The van der Waals surface area contributed by atoms with E-state index in [-0.39, 0.29) is 5.56 Å². The zero-order valence-electron chi connectivity index (χ0n) is 16.7. The third-order valence-electron chi connectivity index (χ3n) is 5.42. The first kappa shape index (κ1) is 18.7. The summed E-state index contributed by atoms with van der Waals surface area (Å²) in [7, 11) is 1.62. The largest absolute Gasteiger partial charge is 0.479 e. The summed E-state index contributed by atoms with van der Waals surface area (Å²) in [5, 5.41) is 4.70. The third kappa shape index (κ3) is 3.56. The first-order chi connectivity index (χ1) is 13.6. The van der Waals surface area contributed by atoms with Gasteiger partial charge in [-0.1, -0.05) is 44.2 Å². The van der Waals surface area contributed by atoms with Gasteiger partial charge in [0, 0.05) is 18.5 Å². The maximum Gasteiger partial charge on any atom is 0.251 e. The molecule has 1 aliphatic rings. The number of hydrogen-bond acceptors (Lipinski definition) is 4. The summed E-state index contributed by atoms with van der Waals surface area (Å²) in [4.78, 5) is 17.9. The van der Waals surface area contributed by atoms with Crippen molar-refractivity contribution in [2.75, 3.05) is 26.7 Å². The Morgan fingerprint density at radius 2 is 1.93 bits per heavy atom. The predicted molar refractivity (Wildman–Crippen MR) is 111 cm³/mol. The Kier molecular flexibility index (Phi) is 5.22. The normalized spacial score (nSPS) is 16.1. The molecule has 0 aliphatic carbocycles. The summed E-state index contributed by atoms with van der Waals surface area (Å²) >= 11 is 0. The van der Waals surface area contributed by atoms with Gasteiger partial charge in [-0.05, 0) is 37.4 Å². The van der Waals surface area contributed by atoms with Gasteiger partial charge >= 0.3 is 0 Å². The molecule has 1 aliphatic heterocycles. The lowest BCUT2D eigenvalue weighted by Crippen LogP contribution is -2.35. The fourth-order valence-corrected chi connectivity index (χ4v) is 4.18. The third-order valence-corrected chi connectivity index (χ3v) is 5.42. The Morgan fingerprint density at radius 3 is 2.57 bits per heavy atom. The topological polar surface area (TPSA) is 62.6 Å². The van der Waals surface area contributed by atoms with Crippen LogP contribution in [0.1, 0.15) is 38.3 Å². The lowest BCUT2D eigenvalue weighted by atomic mass is 9.92.